The standard InChI is InChI=1S/C37H34O20/c1-51-22-10-14(2-8-18(22)39)3-9-24(42)54-32-28(45)26(43)31(35(49)50)56-37(32)57-33-29(46)27(44)30(34(47)48)55-36(33)52-17-6-4-15(5-7-17)21-13-20(41)25-19(40)11-16(38)12-23(25)53-21/h2-13,26-33,36-40,43-46H,1H3,(H,47,48)(H,49,50)/t26-,27+,28+,29+,30-,31+,32-,33-,36-,37+/m1/s1. The van der Waals surface area contributed by atoms with Crippen molar-refractivity contribution in [3.05, 3.63) is 82.5 Å². The number of benzene rings is 3. The molecular weight excluding hydrogens is 764 g/mol. The minimum absolute atomic E-state index is 0.00469. The molecule has 3 aromatic carbocycles. The van der Waals surface area contributed by atoms with Gasteiger partial charge < -0.3 is 78.8 Å². The fraction of sp³-hybridized carbons (Fsp3) is 0.297. The van der Waals surface area contributed by atoms with Crippen molar-refractivity contribution >= 4 is 35.0 Å². The number of carboxylic acids is 2. The summed E-state index contributed by atoms with van der Waals surface area (Å²) in [5.74, 6) is -5.75. The summed E-state index contributed by atoms with van der Waals surface area (Å²) in [4.78, 5) is 49.6. The predicted octanol–water partition coefficient (Wildman–Crippen LogP) is 0.0372. The van der Waals surface area contributed by atoms with Gasteiger partial charge in [0.2, 0.25) is 6.29 Å². The average molecular weight is 799 g/mol. The van der Waals surface area contributed by atoms with Crippen LogP contribution in [0.4, 0.5) is 0 Å². The number of hydrogen-bond donors (Lipinski definition) is 9. The van der Waals surface area contributed by atoms with E-state index in [1.165, 1.54) is 55.7 Å². The number of ether oxygens (including phenoxy) is 6. The molecule has 0 aliphatic carbocycles. The highest BCUT2D eigenvalue weighted by atomic mass is 16.8. The summed E-state index contributed by atoms with van der Waals surface area (Å²) >= 11 is 0. The summed E-state index contributed by atoms with van der Waals surface area (Å²) in [5.41, 5.74) is -0.117. The molecule has 2 fully saturated rings. The summed E-state index contributed by atoms with van der Waals surface area (Å²) in [7, 11) is 1.30. The molecule has 4 aromatic rings. The molecule has 57 heavy (non-hydrogen) atoms. The molecule has 20 heteroatoms. The first-order chi connectivity index (χ1) is 27.1. The van der Waals surface area contributed by atoms with Crippen LogP contribution < -0.4 is 14.9 Å². The van der Waals surface area contributed by atoms with Gasteiger partial charge in [0.1, 0.15) is 58.4 Å². The minimum Gasteiger partial charge on any atom is -0.508 e. The maximum absolute atomic E-state index is 12.9. The van der Waals surface area contributed by atoms with Crippen LogP contribution in [-0.2, 0) is 33.3 Å². The van der Waals surface area contributed by atoms with Crippen LogP contribution >= 0.6 is 0 Å². The molecular formula is C37H34O20. The summed E-state index contributed by atoms with van der Waals surface area (Å²) in [6, 6.07) is 12.6. The molecule has 0 unspecified atom stereocenters. The minimum atomic E-state index is -2.19. The second-order valence-electron chi connectivity index (χ2n) is 12.7. The van der Waals surface area contributed by atoms with Crippen molar-refractivity contribution in [1.29, 1.82) is 0 Å². The van der Waals surface area contributed by atoms with Gasteiger partial charge >= 0.3 is 17.9 Å². The van der Waals surface area contributed by atoms with E-state index in [1.807, 2.05) is 0 Å². The first-order valence-corrected chi connectivity index (χ1v) is 16.7. The SMILES string of the molecule is COc1cc(C=CC(=O)O[C@H]2[C@H](O[C@H]3[C@H](Oc4ccc(-c5cc(=O)c6c(O)cc(O)cc6o5)cc4)O[C@@H](C(=O)O)[C@@H](O)[C@@H]3O)O[C@H](C(=O)O)[C@H](O)[C@@H]2O)ccc1O. The molecule has 1 aromatic heterocycles. The van der Waals surface area contributed by atoms with Crippen molar-refractivity contribution in [2.45, 2.75) is 61.4 Å². The normalized spacial score (nSPS) is 27.5. The van der Waals surface area contributed by atoms with E-state index in [-0.39, 0.29) is 45.3 Å². The zero-order valence-electron chi connectivity index (χ0n) is 29.2. The van der Waals surface area contributed by atoms with E-state index >= 15 is 0 Å². The van der Waals surface area contributed by atoms with Crippen LogP contribution in [0.25, 0.3) is 28.4 Å². The Bertz CT molecular complexity index is 2230. The highest BCUT2D eigenvalue weighted by Gasteiger charge is 2.55. The number of phenolic OH excluding ortho intramolecular Hbond substituents is 3. The van der Waals surface area contributed by atoms with Gasteiger partial charge in [0.05, 0.1) is 7.11 Å². The summed E-state index contributed by atoms with van der Waals surface area (Å²) in [6.07, 6.45) is -19.0. The van der Waals surface area contributed by atoms with Crippen molar-refractivity contribution in [2.24, 2.45) is 0 Å². The number of esters is 1. The van der Waals surface area contributed by atoms with Crippen LogP contribution in [0, 0.1) is 0 Å². The number of carbonyl (C=O) groups excluding carboxylic acids is 1. The maximum Gasteiger partial charge on any atom is 0.335 e. The van der Waals surface area contributed by atoms with Crippen molar-refractivity contribution < 1.29 is 93.2 Å². The Morgan fingerprint density at radius 3 is 2.00 bits per heavy atom. The molecule has 0 amide bonds. The zero-order valence-corrected chi connectivity index (χ0v) is 29.2. The summed E-state index contributed by atoms with van der Waals surface area (Å²) < 4.78 is 38.4. The van der Waals surface area contributed by atoms with Gasteiger partial charge in [-0.15, -0.1) is 0 Å². The number of carbonyl (C=O) groups is 3. The van der Waals surface area contributed by atoms with Crippen LogP contribution in [0.15, 0.2) is 76.0 Å². The molecule has 10 atom stereocenters. The molecule has 302 valence electrons. The molecule has 0 spiro atoms. The number of methoxy groups -OCH3 is 1. The van der Waals surface area contributed by atoms with Gasteiger partial charge in [0.15, 0.2) is 47.6 Å². The number of aliphatic hydroxyl groups excluding tert-OH is 4. The number of aliphatic carboxylic acids is 2. The van der Waals surface area contributed by atoms with E-state index in [0.29, 0.717) is 5.56 Å². The quantitative estimate of drug-likeness (QED) is 0.0714. The topological polar surface area (TPSA) is 319 Å². The van der Waals surface area contributed by atoms with E-state index in [4.69, 9.17) is 32.8 Å². The van der Waals surface area contributed by atoms with Crippen LogP contribution in [0.5, 0.6) is 28.7 Å². The van der Waals surface area contributed by atoms with E-state index < -0.39 is 90.5 Å². The predicted molar refractivity (Wildman–Crippen MR) is 187 cm³/mol. The Labute approximate surface area is 319 Å². The largest absolute Gasteiger partial charge is 0.508 e. The lowest BCUT2D eigenvalue weighted by molar-refractivity contribution is -0.350. The van der Waals surface area contributed by atoms with Gasteiger partial charge in [-0.1, -0.05) is 6.07 Å². The van der Waals surface area contributed by atoms with Crippen LogP contribution in [0.2, 0.25) is 0 Å². The number of aliphatic hydroxyl groups is 4. The van der Waals surface area contributed by atoms with E-state index in [1.54, 1.807) is 0 Å². The van der Waals surface area contributed by atoms with Gasteiger partial charge in [-0.05, 0) is 48.0 Å². The van der Waals surface area contributed by atoms with E-state index in [2.05, 4.69) is 0 Å². The van der Waals surface area contributed by atoms with Crippen molar-refractivity contribution in [3.63, 3.8) is 0 Å². The third-order valence-corrected chi connectivity index (χ3v) is 8.92. The number of aromatic hydroxyl groups is 3. The Kier molecular flexibility index (Phi) is 11.7. The Hall–Kier alpha value is -6.26. The monoisotopic (exact) mass is 798 g/mol. The number of fused-ring (bicyclic) bond motifs is 1. The third kappa shape index (κ3) is 8.46. The second kappa shape index (κ2) is 16.5. The molecule has 20 nitrogen and oxygen atoms in total. The molecule has 0 radical (unpaired) electrons. The van der Waals surface area contributed by atoms with Crippen LogP contribution in [-0.4, -0.2) is 132 Å². The lowest BCUT2D eigenvalue weighted by Crippen LogP contribution is -2.66. The molecule has 0 saturated carbocycles. The number of phenols is 3. The Balaban J connectivity index is 1.27. The van der Waals surface area contributed by atoms with E-state index in [9.17, 15) is 65.1 Å². The van der Waals surface area contributed by atoms with Crippen LogP contribution in [0.1, 0.15) is 5.56 Å². The van der Waals surface area contributed by atoms with Crippen molar-refractivity contribution in [3.8, 4) is 40.1 Å². The second-order valence-corrected chi connectivity index (χ2v) is 12.7. The molecule has 0 bridgehead atoms. The number of carboxylic acid groups (broad SMARTS) is 2. The zero-order chi connectivity index (χ0) is 41.3. The first-order valence-electron chi connectivity index (χ1n) is 16.7. The van der Waals surface area contributed by atoms with Crippen molar-refractivity contribution in [1.82, 2.24) is 0 Å². The highest BCUT2D eigenvalue weighted by Crippen LogP contribution is 2.34. The third-order valence-electron chi connectivity index (χ3n) is 8.92. The number of rotatable bonds is 11. The van der Waals surface area contributed by atoms with Crippen LogP contribution in [0.3, 0.4) is 0 Å². The van der Waals surface area contributed by atoms with Gasteiger partial charge in [0.25, 0.3) is 0 Å². The van der Waals surface area contributed by atoms with E-state index in [0.717, 1.165) is 24.3 Å². The summed E-state index contributed by atoms with van der Waals surface area (Å²) in [5, 5.41) is 92.2. The average Bonchev–Trinajstić information content (AvgIpc) is 3.16. The highest BCUT2D eigenvalue weighted by molar-refractivity contribution is 5.87. The smallest absolute Gasteiger partial charge is 0.335 e. The fourth-order valence-corrected chi connectivity index (χ4v) is 6.08. The van der Waals surface area contributed by atoms with Gasteiger partial charge in [-0.2, -0.15) is 0 Å². The molecule has 9 N–H and O–H groups in total. The lowest BCUT2D eigenvalue weighted by Gasteiger charge is -2.45. The fourth-order valence-electron chi connectivity index (χ4n) is 6.08. The van der Waals surface area contributed by atoms with Gasteiger partial charge in [-0.3, -0.25) is 4.79 Å². The molecule has 6 rings (SSSR count). The first kappa shape index (κ1) is 40.4. The summed E-state index contributed by atoms with van der Waals surface area (Å²) in [6.45, 7) is 0. The molecule has 2 saturated heterocycles. The number of hydrogen-bond acceptors (Lipinski definition) is 18. The Morgan fingerprint density at radius 1 is 0.737 bits per heavy atom. The molecule has 2 aliphatic rings. The lowest BCUT2D eigenvalue weighted by atomic mass is 9.96. The maximum atomic E-state index is 12.9. The molecule has 3 heterocycles. The molecule has 2 aliphatic heterocycles. The van der Waals surface area contributed by atoms with Gasteiger partial charge in [-0.25, -0.2) is 14.4 Å². The van der Waals surface area contributed by atoms with Gasteiger partial charge in [0, 0.05) is 29.8 Å². The Morgan fingerprint density at radius 2 is 1.37 bits per heavy atom. The van der Waals surface area contributed by atoms with Crippen molar-refractivity contribution in [2.75, 3.05) is 7.11 Å².